The smallest absolute Gasteiger partial charge is 0.0510 e. The van der Waals surface area contributed by atoms with Crippen LogP contribution < -0.4 is 10.6 Å². The molecule has 2 nitrogen and oxygen atoms in total. The summed E-state index contributed by atoms with van der Waals surface area (Å²) in [5, 5.41) is 0. The minimum Gasteiger partial charge on any atom is -0.371 e. The third-order valence-corrected chi connectivity index (χ3v) is 3.64. The van der Waals surface area contributed by atoms with Crippen molar-refractivity contribution >= 4 is 21.6 Å². The van der Waals surface area contributed by atoms with Crippen LogP contribution in [0.4, 0.5) is 5.69 Å². The molecule has 0 unspecified atom stereocenters. The van der Waals surface area contributed by atoms with Crippen LogP contribution in [0.2, 0.25) is 0 Å². The number of unbranched alkanes of at least 4 members (excludes halogenated alkanes) is 1. The summed E-state index contributed by atoms with van der Waals surface area (Å²) >= 11 is 3.65. The summed E-state index contributed by atoms with van der Waals surface area (Å²) in [7, 11) is 0. The fourth-order valence-electron chi connectivity index (χ4n) is 1.86. The third-order valence-electron chi connectivity index (χ3n) is 3.00. The Morgan fingerprint density at radius 3 is 2.53 bits per heavy atom. The lowest BCUT2D eigenvalue weighted by Crippen LogP contribution is -2.24. The molecular weight excluding hydrogens is 276 g/mol. The van der Waals surface area contributed by atoms with Crippen LogP contribution in [-0.4, -0.2) is 13.1 Å². The molecule has 1 atom stereocenters. The summed E-state index contributed by atoms with van der Waals surface area (Å²) in [5.41, 5.74) is 8.33. The largest absolute Gasteiger partial charge is 0.371 e. The molecule has 1 rings (SSSR count). The molecule has 3 heteroatoms. The first kappa shape index (κ1) is 14.5. The molecule has 0 spiro atoms. The van der Waals surface area contributed by atoms with E-state index in [2.05, 4.69) is 52.9 Å². The van der Waals surface area contributed by atoms with Gasteiger partial charge in [-0.25, -0.2) is 0 Å². The Bertz CT molecular complexity index is 350. The van der Waals surface area contributed by atoms with Crippen molar-refractivity contribution in [3.63, 3.8) is 0 Å². The van der Waals surface area contributed by atoms with Gasteiger partial charge in [-0.3, -0.25) is 0 Å². The van der Waals surface area contributed by atoms with Crippen molar-refractivity contribution in [2.45, 2.75) is 39.7 Å². The Hall–Kier alpha value is -0.540. The van der Waals surface area contributed by atoms with E-state index in [0.717, 1.165) is 17.6 Å². The molecule has 1 aromatic rings. The normalized spacial score (nSPS) is 12.5. The summed E-state index contributed by atoms with van der Waals surface area (Å²) in [6, 6.07) is 6.52. The fourth-order valence-corrected chi connectivity index (χ4v) is 2.51. The number of hydrogen-bond acceptors (Lipinski definition) is 2. The standard InChI is InChI=1S/C14H23BrN2/c1-4-6-9-17(5-2)14-8-7-12(11(3)16)10-13(14)15/h7-8,10-11H,4-6,9,16H2,1-3H3/t11-/m1/s1. The van der Waals surface area contributed by atoms with Gasteiger partial charge in [-0.2, -0.15) is 0 Å². The number of benzene rings is 1. The molecule has 17 heavy (non-hydrogen) atoms. The SMILES string of the molecule is CCCCN(CC)c1ccc([C@@H](C)N)cc1Br. The minimum absolute atomic E-state index is 0.0890. The first-order chi connectivity index (χ1) is 8.10. The maximum atomic E-state index is 5.89. The number of nitrogens with zero attached hydrogens (tertiary/aromatic N) is 1. The van der Waals surface area contributed by atoms with Crippen LogP contribution in [0.25, 0.3) is 0 Å². The molecule has 0 amide bonds. The Kier molecular flexibility index (Phi) is 6.00. The van der Waals surface area contributed by atoms with Crippen molar-refractivity contribution in [3.05, 3.63) is 28.2 Å². The highest BCUT2D eigenvalue weighted by Crippen LogP contribution is 2.29. The molecule has 0 bridgehead atoms. The zero-order valence-electron chi connectivity index (χ0n) is 11.0. The van der Waals surface area contributed by atoms with Crippen molar-refractivity contribution in [3.8, 4) is 0 Å². The van der Waals surface area contributed by atoms with Gasteiger partial charge in [0.05, 0.1) is 5.69 Å². The van der Waals surface area contributed by atoms with Gasteiger partial charge in [0.15, 0.2) is 0 Å². The predicted molar refractivity (Wildman–Crippen MR) is 79.5 cm³/mol. The third kappa shape index (κ3) is 4.00. The summed E-state index contributed by atoms with van der Waals surface area (Å²) in [4.78, 5) is 2.40. The second kappa shape index (κ2) is 7.02. The maximum Gasteiger partial charge on any atom is 0.0510 e. The van der Waals surface area contributed by atoms with E-state index < -0.39 is 0 Å². The molecule has 0 aromatic heterocycles. The number of anilines is 1. The number of nitrogens with two attached hydrogens (primary N) is 1. The highest BCUT2D eigenvalue weighted by molar-refractivity contribution is 9.10. The fraction of sp³-hybridized carbons (Fsp3) is 0.571. The molecule has 0 heterocycles. The minimum atomic E-state index is 0.0890. The van der Waals surface area contributed by atoms with Crippen LogP contribution in [0.3, 0.4) is 0 Å². The van der Waals surface area contributed by atoms with Crippen molar-refractivity contribution in [1.82, 2.24) is 0 Å². The molecule has 0 aliphatic rings. The van der Waals surface area contributed by atoms with Crippen molar-refractivity contribution in [1.29, 1.82) is 0 Å². The quantitative estimate of drug-likeness (QED) is 0.857. The van der Waals surface area contributed by atoms with E-state index in [9.17, 15) is 0 Å². The van der Waals surface area contributed by atoms with Gasteiger partial charge < -0.3 is 10.6 Å². The maximum absolute atomic E-state index is 5.89. The van der Waals surface area contributed by atoms with Gasteiger partial charge in [-0.15, -0.1) is 0 Å². The Morgan fingerprint density at radius 1 is 1.35 bits per heavy atom. The van der Waals surface area contributed by atoms with Crippen LogP contribution >= 0.6 is 15.9 Å². The monoisotopic (exact) mass is 298 g/mol. The average Bonchev–Trinajstić information content (AvgIpc) is 2.31. The molecule has 0 saturated heterocycles. The zero-order valence-corrected chi connectivity index (χ0v) is 12.6. The highest BCUT2D eigenvalue weighted by atomic mass is 79.9. The first-order valence-corrected chi connectivity index (χ1v) is 7.19. The second-order valence-electron chi connectivity index (χ2n) is 4.43. The molecule has 0 aliphatic heterocycles. The van der Waals surface area contributed by atoms with Gasteiger partial charge in [-0.05, 0) is 53.9 Å². The van der Waals surface area contributed by atoms with E-state index in [1.165, 1.54) is 24.1 Å². The van der Waals surface area contributed by atoms with E-state index in [1.807, 2.05) is 6.92 Å². The summed E-state index contributed by atoms with van der Waals surface area (Å²) in [5.74, 6) is 0. The topological polar surface area (TPSA) is 29.3 Å². The number of halogens is 1. The van der Waals surface area contributed by atoms with E-state index >= 15 is 0 Å². The Balaban J connectivity index is 2.88. The van der Waals surface area contributed by atoms with Gasteiger partial charge in [-0.1, -0.05) is 19.4 Å². The van der Waals surface area contributed by atoms with Gasteiger partial charge in [0.1, 0.15) is 0 Å². The molecule has 0 fully saturated rings. The van der Waals surface area contributed by atoms with E-state index in [4.69, 9.17) is 5.73 Å². The van der Waals surface area contributed by atoms with Gasteiger partial charge in [0, 0.05) is 23.6 Å². The van der Waals surface area contributed by atoms with Gasteiger partial charge >= 0.3 is 0 Å². The van der Waals surface area contributed by atoms with Gasteiger partial charge in [0.2, 0.25) is 0 Å². The van der Waals surface area contributed by atoms with Crippen LogP contribution in [0.15, 0.2) is 22.7 Å². The van der Waals surface area contributed by atoms with E-state index in [-0.39, 0.29) is 6.04 Å². The van der Waals surface area contributed by atoms with Crippen LogP contribution in [0.1, 0.15) is 45.2 Å². The molecule has 1 aromatic carbocycles. The first-order valence-electron chi connectivity index (χ1n) is 6.40. The van der Waals surface area contributed by atoms with E-state index in [1.54, 1.807) is 0 Å². The molecule has 0 aliphatic carbocycles. The Labute approximate surface area is 113 Å². The average molecular weight is 299 g/mol. The molecule has 96 valence electrons. The van der Waals surface area contributed by atoms with Crippen LogP contribution in [-0.2, 0) is 0 Å². The second-order valence-corrected chi connectivity index (χ2v) is 5.29. The van der Waals surface area contributed by atoms with Crippen LogP contribution in [0.5, 0.6) is 0 Å². The summed E-state index contributed by atoms with van der Waals surface area (Å²) in [6.07, 6.45) is 2.46. The Morgan fingerprint density at radius 2 is 2.06 bits per heavy atom. The highest BCUT2D eigenvalue weighted by Gasteiger charge is 2.09. The summed E-state index contributed by atoms with van der Waals surface area (Å²) < 4.78 is 1.14. The van der Waals surface area contributed by atoms with Crippen molar-refractivity contribution in [2.75, 3.05) is 18.0 Å². The molecular formula is C14H23BrN2. The lowest BCUT2D eigenvalue weighted by molar-refractivity contribution is 0.730. The van der Waals surface area contributed by atoms with Crippen molar-refractivity contribution in [2.24, 2.45) is 5.73 Å². The van der Waals surface area contributed by atoms with Crippen LogP contribution in [0, 0.1) is 0 Å². The molecule has 0 saturated carbocycles. The molecule has 0 radical (unpaired) electrons. The van der Waals surface area contributed by atoms with E-state index in [0.29, 0.717) is 0 Å². The van der Waals surface area contributed by atoms with Gasteiger partial charge in [0.25, 0.3) is 0 Å². The molecule has 2 N–H and O–H groups in total. The number of hydrogen-bond donors (Lipinski definition) is 1. The van der Waals surface area contributed by atoms with Crippen molar-refractivity contribution < 1.29 is 0 Å². The zero-order chi connectivity index (χ0) is 12.8. The lowest BCUT2D eigenvalue weighted by atomic mass is 10.1. The summed E-state index contributed by atoms with van der Waals surface area (Å²) in [6.45, 7) is 8.58. The predicted octanol–water partition coefficient (Wildman–Crippen LogP) is 4.10. The lowest BCUT2D eigenvalue weighted by Gasteiger charge is -2.25. The number of rotatable bonds is 6.